The zero-order valence-electron chi connectivity index (χ0n) is 19.6. The van der Waals surface area contributed by atoms with Crippen molar-refractivity contribution in [3.05, 3.63) is 69.7 Å². The Hall–Kier alpha value is -3.30. The van der Waals surface area contributed by atoms with Crippen molar-refractivity contribution >= 4 is 28.3 Å². The number of pyridine rings is 1. The van der Waals surface area contributed by atoms with Crippen LogP contribution >= 0.6 is 11.6 Å². The first kappa shape index (κ1) is 23.4. The Morgan fingerprint density at radius 1 is 1.14 bits per heavy atom. The van der Waals surface area contributed by atoms with Gasteiger partial charge in [0.1, 0.15) is 28.7 Å². The molecular formula is C25H26ClFN6O2. The maximum absolute atomic E-state index is 14.8. The van der Waals surface area contributed by atoms with Crippen molar-refractivity contribution in [3.8, 4) is 11.3 Å². The zero-order valence-corrected chi connectivity index (χ0v) is 20.4. The van der Waals surface area contributed by atoms with Gasteiger partial charge in [0.2, 0.25) is 0 Å². The number of nitrogens with zero attached hydrogens (tertiary/aromatic N) is 6. The van der Waals surface area contributed by atoms with Gasteiger partial charge >= 0.3 is 0 Å². The molecule has 1 atom stereocenters. The Bertz CT molecular complexity index is 1420. The number of ether oxygens (including phenoxy) is 1. The summed E-state index contributed by atoms with van der Waals surface area (Å²) < 4.78 is 23.7. The number of fused-ring (bicyclic) bond motifs is 2. The van der Waals surface area contributed by atoms with Crippen LogP contribution in [0, 0.1) is 5.82 Å². The Balaban J connectivity index is 0.000000371. The molecule has 10 heteroatoms. The molecule has 0 aliphatic carbocycles. The zero-order chi connectivity index (χ0) is 24.5. The molecule has 0 spiro atoms. The molecule has 1 unspecified atom stereocenters. The van der Waals surface area contributed by atoms with E-state index in [2.05, 4.69) is 16.9 Å². The lowest BCUT2D eigenvalue weighted by Crippen LogP contribution is -2.37. The minimum Gasteiger partial charge on any atom is -0.378 e. The molecule has 0 N–H and O–H groups in total. The molecule has 1 saturated heterocycles. The predicted octanol–water partition coefficient (Wildman–Crippen LogP) is 4.01. The standard InChI is InChI=1S/C21H20ClFN4O2.C4H6N2/c1-12-4-5-27-20(12)25-19-15(21(27)28)11-17(26-6-8-29-9-7-26)24-18(19)14-3-2-13(22)10-16(14)23;1-6-4-2-3-5-6/h2-3,10-12H,4-9H2,1H3;2-4H,1H3. The second-order valence-electron chi connectivity index (χ2n) is 8.75. The molecule has 0 bridgehead atoms. The molecule has 0 amide bonds. The lowest BCUT2D eigenvalue weighted by molar-refractivity contribution is 0.122. The van der Waals surface area contributed by atoms with Gasteiger partial charge in [-0.2, -0.15) is 5.10 Å². The third-order valence-corrected chi connectivity index (χ3v) is 6.58. The van der Waals surface area contributed by atoms with Crippen LogP contribution in [0.5, 0.6) is 0 Å². The van der Waals surface area contributed by atoms with Crippen molar-refractivity contribution < 1.29 is 9.13 Å². The van der Waals surface area contributed by atoms with E-state index in [1.165, 1.54) is 6.07 Å². The number of halogens is 2. The number of hydrogen-bond acceptors (Lipinski definition) is 6. The van der Waals surface area contributed by atoms with Crippen molar-refractivity contribution in [2.24, 2.45) is 7.05 Å². The van der Waals surface area contributed by atoms with Gasteiger partial charge < -0.3 is 9.64 Å². The van der Waals surface area contributed by atoms with Crippen LogP contribution in [0.4, 0.5) is 10.2 Å². The molecule has 5 heterocycles. The quantitative estimate of drug-likeness (QED) is 0.417. The molecule has 8 nitrogen and oxygen atoms in total. The van der Waals surface area contributed by atoms with Gasteiger partial charge in [0.25, 0.3) is 5.56 Å². The van der Waals surface area contributed by atoms with Gasteiger partial charge in [0.15, 0.2) is 0 Å². The SMILES string of the molecule is CC1CCn2c1nc1c(-c3ccc(Cl)cc3F)nc(N3CCOCC3)cc1c2=O.Cn1cccn1. The first-order valence-corrected chi connectivity index (χ1v) is 12.0. The Kier molecular flexibility index (Phi) is 6.53. The number of morpholine rings is 1. The maximum atomic E-state index is 14.8. The fraction of sp³-hybridized carbons (Fsp3) is 0.360. The first-order chi connectivity index (χ1) is 16.9. The largest absolute Gasteiger partial charge is 0.378 e. The molecule has 6 rings (SSSR count). The van der Waals surface area contributed by atoms with Crippen LogP contribution in [-0.2, 0) is 18.3 Å². The normalized spacial score (nSPS) is 17.3. The molecule has 35 heavy (non-hydrogen) atoms. The number of aromatic nitrogens is 5. The first-order valence-electron chi connectivity index (χ1n) is 11.6. The van der Waals surface area contributed by atoms with Crippen LogP contribution < -0.4 is 10.5 Å². The third kappa shape index (κ3) is 4.66. The van der Waals surface area contributed by atoms with E-state index in [4.69, 9.17) is 26.3 Å². The van der Waals surface area contributed by atoms with Crippen LogP contribution in [0.3, 0.4) is 0 Å². The molecule has 4 aromatic rings. The van der Waals surface area contributed by atoms with E-state index in [9.17, 15) is 9.18 Å². The summed E-state index contributed by atoms with van der Waals surface area (Å²) in [6, 6.07) is 8.15. The molecule has 0 radical (unpaired) electrons. The van der Waals surface area contributed by atoms with Gasteiger partial charge in [-0.1, -0.05) is 18.5 Å². The Morgan fingerprint density at radius 2 is 1.94 bits per heavy atom. The van der Waals surface area contributed by atoms with E-state index in [0.717, 1.165) is 12.2 Å². The fourth-order valence-corrected chi connectivity index (χ4v) is 4.60. The van der Waals surface area contributed by atoms with E-state index in [-0.39, 0.29) is 17.0 Å². The molecule has 0 saturated carbocycles. The van der Waals surface area contributed by atoms with Crippen LogP contribution in [0.1, 0.15) is 25.1 Å². The monoisotopic (exact) mass is 496 g/mol. The van der Waals surface area contributed by atoms with Gasteiger partial charge in [0.05, 0.1) is 18.6 Å². The number of benzene rings is 1. The highest BCUT2D eigenvalue weighted by Gasteiger charge is 2.26. The van der Waals surface area contributed by atoms with E-state index in [1.54, 1.807) is 33.6 Å². The van der Waals surface area contributed by atoms with E-state index in [0.29, 0.717) is 60.3 Å². The van der Waals surface area contributed by atoms with Crippen molar-refractivity contribution in [1.29, 1.82) is 0 Å². The second kappa shape index (κ2) is 9.75. The average Bonchev–Trinajstić information content (AvgIpc) is 3.49. The van der Waals surface area contributed by atoms with E-state index >= 15 is 0 Å². The van der Waals surface area contributed by atoms with Crippen LogP contribution in [0.25, 0.3) is 22.2 Å². The lowest BCUT2D eigenvalue weighted by Gasteiger charge is -2.28. The Labute approximate surface area is 206 Å². The summed E-state index contributed by atoms with van der Waals surface area (Å²) in [6.07, 6.45) is 4.51. The highest BCUT2D eigenvalue weighted by atomic mass is 35.5. The summed E-state index contributed by atoms with van der Waals surface area (Å²) in [5.41, 5.74) is 1.00. The van der Waals surface area contributed by atoms with Crippen molar-refractivity contribution in [1.82, 2.24) is 24.3 Å². The summed E-state index contributed by atoms with van der Waals surface area (Å²) in [6.45, 7) is 5.20. The summed E-state index contributed by atoms with van der Waals surface area (Å²) in [4.78, 5) is 24.9. The Morgan fingerprint density at radius 3 is 2.60 bits per heavy atom. The number of anilines is 1. The topological polar surface area (TPSA) is 78.1 Å². The summed E-state index contributed by atoms with van der Waals surface area (Å²) >= 11 is 5.95. The molecule has 3 aromatic heterocycles. The van der Waals surface area contributed by atoms with Crippen molar-refractivity contribution in [2.75, 3.05) is 31.2 Å². The van der Waals surface area contributed by atoms with Crippen molar-refractivity contribution in [2.45, 2.75) is 25.8 Å². The average molecular weight is 497 g/mol. The molecule has 2 aliphatic heterocycles. The van der Waals surface area contributed by atoms with Gasteiger partial charge in [-0.15, -0.1) is 0 Å². The summed E-state index contributed by atoms with van der Waals surface area (Å²) in [5, 5.41) is 4.60. The predicted molar refractivity (Wildman–Crippen MR) is 133 cm³/mol. The van der Waals surface area contributed by atoms with Gasteiger partial charge in [-0.25, -0.2) is 14.4 Å². The molecule has 2 aliphatic rings. The number of hydrogen-bond donors (Lipinski definition) is 0. The minimum atomic E-state index is -0.485. The van der Waals surface area contributed by atoms with Crippen LogP contribution in [-0.4, -0.2) is 50.6 Å². The van der Waals surface area contributed by atoms with Crippen LogP contribution in [0.15, 0.2) is 47.5 Å². The highest BCUT2D eigenvalue weighted by molar-refractivity contribution is 6.30. The summed E-state index contributed by atoms with van der Waals surface area (Å²) in [7, 11) is 1.89. The lowest BCUT2D eigenvalue weighted by atomic mass is 10.1. The second-order valence-corrected chi connectivity index (χ2v) is 9.18. The van der Waals surface area contributed by atoms with Gasteiger partial charge in [-0.05, 0) is 36.8 Å². The van der Waals surface area contributed by atoms with Crippen molar-refractivity contribution in [3.63, 3.8) is 0 Å². The summed E-state index contributed by atoms with van der Waals surface area (Å²) in [5.74, 6) is 1.06. The number of aryl methyl sites for hydroxylation is 1. The highest BCUT2D eigenvalue weighted by Crippen LogP contribution is 2.33. The van der Waals surface area contributed by atoms with E-state index in [1.807, 2.05) is 19.3 Å². The minimum absolute atomic E-state index is 0.0955. The molecule has 1 aromatic carbocycles. The van der Waals surface area contributed by atoms with Gasteiger partial charge in [0, 0.05) is 55.6 Å². The molecule has 182 valence electrons. The van der Waals surface area contributed by atoms with Gasteiger partial charge in [-0.3, -0.25) is 14.0 Å². The maximum Gasteiger partial charge on any atom is 0.261 e. The fourth-order valence-electron chi connectivity index (χ4n) is 4.44. The van der Waals surface area contributed by atoms with E-state index < -0.39 is 5.82 Å². The number of rotatable bonds is 2. The third-order valence-electron chi connectivity index (χ3n) is 6.34. The molecule has 1 fully saturated rings. The smallest absolute Gasteiger partial charge is 0.261 e. The van der Waals surface area contributed by atoms with Crippen LogP contribution in [0.2, 0.25) is 5.02 Å². The molecular weight excluding hydrogens is 471 g/mol.